The molecular formula is C26H19ClFN3O2. The second-order valence-electron chi connectivity index (χ2n) is 8.30. The van der Waals surface area contributed by atoms with E-state index >= 15 is 0 Å². The monoisotopic (exact) mass is 459 g/mol. The van der Waals surface area contributed by atoms with Gasteiger partial charge in [-0.15, -0.1) is 0 Å². The fourth-order valence-corrected chi connectivity index (χ4v) is 4.92. The van der Waals surface area contributed by atoms with E-state index in [4.69, 9.17) is 21.4 Å². The predicted molar refractivity (Wildman–Crippen MR) is 125 cm³/mol. The van der Waals surface area contributed by atoms with Crippen LogP contribution >= 0.6 is 11.6 Å². The Labute approximate surface area is 194 Å². The maximum Gasteiger partial charge on any atom is 0.227 e. The van der Waals surface area contributed by atoms with Crippen LogP contribution in [0.2, 0.25) is 5.02 Å². The summed E-state index contributed by atoms with van der Waals surface area (Å²) in [5.74, 6) is 0.375. The number of carbonyl (C=O) groups excluding carboxylic acids is 1. The van der Waals surface area contributed by atoms with Gasteiger partial charge in [0.1, 0.15) is 11.6 Å². The van der Waals surface area contributed by atoms with Gasteiger partial charge in [-0.1, -0.05) is 41.9 Å². The molecule has 0 saturated heterocycles. The first-order valence-electron chi connectivity index (χ1n) is 10.7. The minimum atomic E-state index is -0.535. The second-order valence-corrected chi connectivity index (χ2v) is 8.73. The molecular weight excluding hydrogens is 441 g/mol. The summed E-state index contributed by atoms with van der Waals surface area (Å²) < 4.78 is 21.6. The summed E-state index contributed by atoms with van der Waals surface area (Å²) in [6.45, 7) is 1.54. The average Bonchev–Trinajstić information content (AvgIpc) is 3.42. The van der Waals surface area contributed by atoms with Crippen LogP contribution in [0.1, 0.15) is 47.1 Å². The highest BCUT2D eigenvalue weighted by Gasteiger charge is 2.42. The Morgan fingerprint density at radius 3 is 2.67 bits per heavy atom. The lowest BCUT2D eigenvalue weighted by molar-refractivity contribution is -0.0181. The minimum Gasteiger partial charge on any atom is -0.464 e. The van der Waals surface area contributed by atoms with Gasteiger partial charge in [-0.3, -0.25) is 9.36 Å². The molecule has 5 nitrogen and oxygen atoms in total. The zero-order chi connectivity index (χ0) is 22.7. The molecule has 0 N–H and O–H groups in total. The molecule has 2 aliphatic rings. The minimum absolute atomic E-state index is 0.0751. The molecule has 0 fully saturated rings. The van der Waals surface area contributed by atoms with Crippen LogP contribution in [-0.4, -0.2) is 21.2 Å². The van der Waals surface area contributed by atoms with Crippen molar-refractivity contribution >= 4 is 34.1 Å². The van der Waals surface area contributed by atoms with Crippen molar-refractivity contribution in [1.82, 2.24) is 9.58 Å². The summed E-state index contributed by atoms with van der Waals surface area (Å²) in [7, 11) is 0. The van der Waals surface area contributed by atoms with Crippen molar-refractivity contribution in [2.75, 3.05) is 0 Å². The molecule has 4 aromatic rings. The van der Waals surface area contributed by atoms with Gasteiger partial charge < -0.3 is 4.74 Å². The fraction of sp³-hybridized carbons (Fsp3) is 0.154. The number of para-hydroxylation sites is 1. The van der Waals surface area contributed by atoms with Crippen molar-refractivity contribution in [2.24, 2.45) is 5.10 Å². The summed E-state index contributed by atoms with van der Waals surface area (Å²) >= 11 is 6.31. The number of benzene rings is 3. The number of hydrogen-bond donors (Lipinski definition) is 0. The highest BCUT2D eigenvalue weighted by atomic mass is 35.5. The third-order valence-electron chi connectivity index (χ3n) is 6.28. The van der Waals surface area contributed by atoms with Crippen molar-refractivity contribution in [3.05, 3.63) is 100 Å². The molecule has 2 aliphatic heterocycles. The van der Waals surface area contributed by atoms with Crippen molar-refractivity contribution < 1.29 is 13.9 Å². The van der Waals surface area contributed by atoms with Gasteiger partial charge in [0.15, 0.2) is 0 Å². The van der Waals surface area contributed by atoms with Crippen LogP contribution < -0.4 is 4.74 Å². The van der Waals surface area contributed by atoms with Gasteiger partial charge in [-0.05, 0) is 42.0 Å². The summed E-state index contributed by atoms with van der Waals surface area (Å²) in [5.41, 5.74) is 4.34. The molecule has 1 aromatic heterocycles. The second kappa shape index (κ2) is 7.46. The van der Waals surface area contributed by atoms with Gasteiger partial charge in [0.25, 0.3) is 0 Å². The van der Waals surface area contributed by atoms with E-state index in [0.29, 0.717) is 11.4 Å². The molecule has 0 aliphatic carbocycles. The average molecular weight is 460 g/mol. The zero-order valence-corrected chi connectivity index (χ0v) is 18.5. The lowest BCUT2D eigenvalue weighted by Gasteiger charge is -2.38. The van der Waals surface area contributed by atoms with Crippen molar-refractivity contribution in [3.63, 3.8) is 0 Å². The standard InChI is InChI=1S/C26H19ClFN3O2/c1-15(32)30-14-21(19-4-2-3-5-23(19)30)26-31-24(20-12-17(27)8-11-25(20)33-26)13-22(29-31)16-6-9-18(28)10-7-16/h2-12,14,24,26H,13H2,1H3/t24-,26+/m1/s1. The number of aromatic nitrogens is 1. The largest absolute Gasteiger partial charge is 0.464 e. The van der Waals surface area contributed by atoms with Crippen LogP contribution in [0.4, 0.5) is 4.39 Å². The van der Waals surface area contributed by atoms with E-state index in [-0.39, 0.29) is 17.8 Å². The molecule has 0 amide bonds. The van der Waals surface area contributed by atoms with Gasteiger partial charge in [0.05, 0.1) is 17.3 Å². The molecule has 0 saturated carbocycles. The molecule has 3 aromatic carbocycles. The first kappa shape index (κ1) is 20.0. The van der Waals surface area contributed by atoms with Crippen molar-refractivity contribution in [3.8, 4) is 5.75 Å². The zero-order valence-electron chi connectivity index (χ0n) is 17.7. The molecule has 0 radical (unpaired) electrons. The third kappa shape index (κ3) is 3.21. The molecule has 3 heterocycles. The van der Waals surface area contributed by atoms with Gasteiger partial charge in [0, 0.05) is 41.1 Å². The van der Waals surface area contributed by atoms with E-state index in [1.807, 2.05) is 53.7 Å². The maximum absolute atomic E-state index is 13.5. The highest BCUT2D eigenvalue weighted by Crippen LogP contribution is 2.49. The van der Waals surface area contributed by atoms with Crippen molar-refractivity contribution in [2.45, 2.75) is 25.6 Å². The first-order chi connectivity index (χ1) is 16.0. The van der Waals surface area contributed by atoms with E-state index < -0.39 is 6.23 Å². The Kier molecular flexibility index (Phi) is 4.52. The van der Waals surface area contributed by atoms with E-state index in [1.54, 1.807) is 23.6 Å². The van der Waals surface area contributed by atoms with Crippen LogP contribution in [0.5, 0.6) is 5.75 Å². The Morgan fingerprint density at radius 1 is 1.09 bits per heavy atom. The first-order valence-corrected chi connectivity index (χ1v) is 11.1. The molecule has 33 heavy (non-hydrogen) atoms. The number of carbonyl (C=O) groups is 1. The summed E-state index contributed by atoms with van der Waals surface area (Å²) in [4.78, 5) is 12.3. The van der Waals surface area contributed by atoms with Gasteiger partial charge in [-0.25, -0.2) is 9.40 Å². The Morgan fingerprint density at radius 2 is 1.88 bits per heavy atom. The SMILES string of the molecule is CC(=O)n1cc([C@@H]2Oc3ccc(Cl)cc3[C@H]3CC(c4ccc(F)cc4)=NN32)c2ccccc21. The van der Waals surface area contributed by atoms with Crippen LogP contribution in [0.25, 0.3) is 10.9 Å². The number of nitrogens with zero attached hydrogens (tertiary/aromatic N) is 3. The number of hydrazone groups is 1. The predicted octanol–water partition coefficient (Wildman–Crippen LogP) is 6.34. The van der Waals surface area contributed by atoms with E-state index in [9.17, 15) is 9.18 Å². The van der Waals surface area contributed by atoms with Gasteiger partial charge >= 0.3 is 0 Å². The molecule has 6 rings (SSSR count). The third-order valence-corrected chi connectivity index (χ3v) is 6.51. The lowest BCUT2D eigenvalue weighted by atomic mass is 9.96. The number of hydrogen-bond acceptors (Lipinski definition) is 4. The summed E-state index contributed by atoms with van der Waals surface area (Å²) in [6.07, 6.45) is 1.93. The molecule has 0 spiro atoms. The fourth-order valence-electron chi connectivity index (χ4n) is 4.74. The quantitative estimate of drug-likeness (QED) is 0.351. The Balaban J connectivity index is 1.52. The summed E-state index contributed by atoms with van der Waals surface area (Å²) in [5, 5.41) is 8.41. The topological polar surface area (TPSA) is 46.8 Å². The molecule has 0 bridgehead atoms. The smallest absolute Gasteiger partial charge is 0.227 e. The van der Waals surface area contributed by atoms with Crippen LogP contribution in [0, 0.1) is 5.82 Å². The Bertz CT molecular complexity index is 1440. The molecule has 7 heteroatoms. The molecule has 2 atom stereocenters. The highest BCUT2D eigenvalue weighted by molar-refractivity contribution is 6.30. The van der Waals surface area contributed by atoms with E-state index in [0.717, 1.165) is 39.1 Å². The summed E-state index contributed by atoms with van der Waals surface area (Å²) in [6, 6.07) is 19.6. The van der Waals surface area contributed by atoms with Crippen LogP contribution in [0.3, 0.4) is 0 Å². The normalized spacial score (nSPS) is 19.1. The lowest BCUT2D eigenvalue weighted by Crippen LogP contribution is -2.33. The number of ether oxygens (including phenoxy) is 1. The van der Waals surface area contributed by atoms with E-state index in [1.165, 1.54) is 12.1 Å². The molecule has 0 unspecified atom stereocenters. The molecule has 164 valence electrons. The maximum atomic E-state index is 13.5. The Hall–Kier alpha value is -3.64. The van der Waals surface area contributed by atoms with Crippen LogP contribution in [-0.2, 0) is 0 Å². The number of fused-ring (bicyclic) bond motifs is 4. The van der Waals surface area contributed by atoms with Gasteiger partial charge in [-0.2, -0.15) is 5.10 Å². The van der Waals surface area contributed by atoms with E-state index in [2.05, 4.69) is 0 Å². The van der Waals surface area contributed by atoms with Crippen LogP contribution in [0.15, 0.2) is 78.0 Å². The van der Waals surface area contributed by atoms with Crippen molar-refractivity contribution in [1.29, 1.82) is 0 Å². The number of halogens is 2. The van der Waals surface area contributed by atoms with Gasteiger partial charge in [0.2, 0.25) is 12.1 Å². The number of rotatable bonds is 2.